The van der Waals surface area contributed by atoms with Gasteiger partial charge in [0.1, 0.15) is 17.3 Å². The van der Waals surface area contributed by atoms with Gasteiger partial charge in [0.15, 0.2) is 0 Å². The second kappa shape index (κ2) is 11.4. The van der Waals surface area contributed by atoms with E-state index < -0.39 is 17.7 Å². The van der Waals surface area contributed by atoms with E-state index in [1.165, 1.54) is 4.90 Å². The topological polar surface area (TPSA) is 85.3 Å². The molecule has 0 radical (unpaired) electrons. The molecule has 35 heavy (non-hydrogen) atoms. The van der Waals surface area contributed by atoms with E-state index in [1.54, 1.807) is 31.4 Å². The lowest BCUT2D eigenvalue weighted by Gasteiger charge is -2.27. The smallest absolute Gasteiger partial charge is 0.295 e. The molecule has 7 heteroatoms. The van der Waals surface area contributed by atoms with Crippen molar-refractivity contribution < 1.29 is 28.9 Å². The van der Waals surface area contributed by atoms with Crippen LogP contribution in [0.3, 0.4) is 0 Å². The zero-order chi connectivity index (χ0) is 24.8. The molecule has 1 amide bonds. The van der Waals surface area contributed by atoms with Gasteiger partial charge in [0.05, 0.1) is 31.4 Å². The number of Topliss-reactive ketones (excluding diaryl/α,β-unsaturated/α-hetero) is 1. The predicted molar refractivity (Wildman–Crippen MR) is 132 cm³/mol. The van der Waals surface area contributed by atoms with Gasteiger partial charge >= 0.3 is 0 Å². The number of ketones is 1. The SMILES string of the molecule is CCCCCOc1ccc(C2/C(=C(\O)c3ccc(OC)cc3)C(=O)C(=O)N2CC2CCCO2)cc1. The summed E-state index contributed by atoms with van der Waals surface area (Å²) in [5.41, 5.74) is 1.26. The molecule has 2 fully saturated rings. The summed E-state index contributed by atoms with van der Waals surface area (Å²) in [5.74, 6) is -0.157. The van der Waals surface area contributed by atoms with Crippen molar-refractivity contribution in [1.82, 2.24) is 4.90 Å². The average Bonchev–Trinajstić information content (AvgIpc) is 3.49. The number of aliphatic hydroxyl groups is 1. The number of amides is 1. The molecule has 0 saturated carbocycles. The van der Waals surface area contributed by atoms with Crippen molar-refractivity contribution in [2.45, 2.75) is 51.2 Å². The van der Waals surface area contributed by atoms with Gasteiger partial charge in [-0.2, -0.15) is 0 Å². The minimum Gasteiger partial charge on any atom is -0.507 e. The number of hydrogen-bond donors (Lipinski definition) is 1. The lowest BCUT2D eigenvalue weighted by molar-refractivity contribution is -0.140. The monoisotopic (exact) mass is 479 g/mol. The van der Waals surface area contributed by atoms with E-state index in [0.29, 0.717) is 31.1 Å². The summed E-state index contributed by atoms with van der Waals surface area (Å²) in [4.78, 5) is 27.8. The maximum Gasteiger partial charge on any atom is 0.295 e. The van der Waals surface area contributed by atoms with Gasteiger partial charge in [-0.3, -0.25) is 9.59 Å². The van der Waals surface area contributed by atoms with Crippen LogP contribution in [0.25, 0.3) is 5.76 Å². The summed E-state index contributed by atoms with van der Waals surface area (Å²) in [6.45, 7) is 3.73. The summed E-state index contributed by atoms with van der Waals surface area (Å²) < 4.78 is 16.8. The Hall–Kier alpha value is -3.32. The van der Waals surface area contributed by atoms with E-state index in [4.69, 9.17) is 14.2 Å². The van der Waals surface area contributed by atoms with Crippen LogP contribution in [0.1, 0.15) is 56.2 Å². The summed E-state index contributed by atoms with van der Waals surface area (Å²) >= 11 is 0. The first-order valence-corrected chi connectivity index (χ1v) is 12.3. The van der Waals surface area contributed by atoms with E-state index in [2.05, 4.69) is 6.92 Å². The number of methoxy groups -OCH3 is 1. The molecule has 0 aliphatic carbocycles. The molecule has 0 spiro atoms. The first kappa shape index (κ1) is 24.8. The summed E-state index contributed by atoms with van der Waals surface area (Å²) in [6.07, 6.45) is 4.86. The number of hydrogen-bond acceptors (Lipinski definition) is 6. The van der Waals surface area contributed by atoms with Gasteiger partial charge in [-0.25, -0.2) is 0 Å². The van der Waals surface area contributed by atoms with Gasteiger partial charge in [0.2, 0.25) is 0 Å². The zero-order valence-electron chi connectivity index (χ0n) is 20.4. The molecule has 2 aromatic carbocycles. The average molecular weight is 480 g/mol. The molecule has 2 heterocycles. The third-order valence-corrected chi connectivity index (χ3v) is 6.54. The van der Waals surface area contributed by atoms with Crippen molar-refractivity contribution in [2.24, 2.45) is 0 Å². The molecular weight excluding hydrogens is 446 g/mol. The molecule has 2 atom stereocenters. The molecular formula is C28H33NO6. The summed E-state index contributed by atoms with van der Waals surface area (Å²) in [7, 11) is 1.56. The number of unbranched alkanes of at least 4 members (excludes halogenated alkanes) is 2. The van der Waals surface area contributed by atoms with Crippen molar-refractivity contribution >= 4 is 17.4 Å². The van der Waals surface area contributed by atoms with Crippen LogP contribution < -0.4 is 9.47 Å². The fourth-order valence-corrected chi connectivity index (χ4v) is 4.62. The fraction of sp³-hybridized carbons (Fsp3) is 0.429. The van der Waals surface area contributed by atoms with Crippen LogP contribution in [0.5, 0.6) is 11.5 Å². The second-order valence-corrected chi connectivity index (χ2v) is 8.94. The lowest BCUT2D eigenvalue weighted by atomic mass is 9.95. The first-order valence-electron chi connectivity index (χ1n) is 12.3. The Balaban J connectivity index is 1.68. The highest BCUT2D eigenvalue weighted by molar-refractivity contribution is 6.46. The summed E-state index contributed by atoms with van der Waals surface area (Å²) in [6, 6.07) is 13.5. The number of rotatable bonds is 10. The van der Waals surface area contributed by atoms with Crippen LogP contribution in [0, 0.1) is 0 Å². The van der Waals surface area contributed by atoms with Crippen LogP contribution in [0.2, 0.25) is 0 Å². The van der Waals surface area contributed by atoms with E-state index in [9.17, 15) is 14.7 Å². The molecule has 0 aromatic heterocycles. The highest BCUT2D eigenvalue weighted by Crippen LogP contribution is 2.40. The van der Waals surface area contributed by atoms with Crippen LogP contribution in [0.15, 0.2) is 54.1 Å². The maximum atomic E-state index is 13.2. The van der Waals surface area contributed by atoms with Gasteiger partial charge in [-0.1, -0.05) is 31.9 Å². The molecule has 4 rings (SSSR count). The van der Waals surface area contributed by atoms with Gasteiger partial charge in [0.25, 0.3) is 11.7 Å². The number of aliphatic hydroxyl groups excluding tert-OH is 1. The van der Waals surface area contributed by atoms with E-state index in [-0.39, 0.29) is 17.4 Å². The number of carbonyl (C=O) groups is 2. The van der Waals surface area contributed by atoms with Gasteiger partial charge in [-0.05, 0) is 61.2 Å². The number of ether oxygens (including phenoxy) is 3. The predicted octanol–water partition coefficient (Wildman–Crippen LogP) is 4.86. The third-order valence-electron chi connectivity index (χ3n) is 6.54. The molecule has 0 bridgehead atoms. The van der Waals surface area contributed by atoms with Gasteiger partial charge in [0, 0.05) is 18.7 Å². The molecule has 1 N–H and O–H groups in total. The Morgan fingerprint density at radius 1 is 1.06 bits per heavy atom. The highest BCUT2D eigenvalue weighted by Gasteiger charge is 2.47. The quantitative estimate of drug-likeness (QED) is 0.227. The molecule has 186 valence electrons. The van der Waals surface area contributed by atoms with Crippen molar-refractivity contribution in [3.05, 3.63) is 65.2 Å². The van der Waals surface area contributed by atoms with Crippen LogP contribution >= 0.6 is 0 Å². The third kappa shape index (κ3) is 5.51. The summed E-state index contributed by atoms with van der Waals surface area (Å²) in [5, 5.41) is 11.2. The Kier molecular flexibility index (Phi) is 8.08. The molecule has 2 aliphatic rings. The first-order chi connectivity index (χ1) is 17.0. The Bertz CT molecular complexity index is 1050. The van der Waals surface area contributed by atoms with E-state index in [0.717, 1.165) is 43.4 Å². The number of nitrogens with zero attached hydrogens (tertiary/aromatic N) is 1. The fourth-order valence-electron chi connectivity index (χ4n) is 4.62. The maximum absolute atomic E-state index is 13.2. The van der Waals surface area contributed by atoms with Crippen LogP contribution in [-0.4, -0.2) is 54.7 Å². The molecule has 2 unspecified atom stereocenters. The van der Waals surface area contributed by atoms with Gasteiger partial charge < -0.3 is 24.2 Å². The Morgan fingerprint density at radius 3 is 2.40 bits per heavy atom. The van der Waals surface area contributed by atoms with Crippen LogP contribution in [0.4, 0.5) is 0 Å². The minimum absolute atomic E-state index is 0.0785. The number of likely N-dealkylation sites (tertiary alicyclic amines) is 1. The van der Waals surface area contributed by atoms with Crippen molar-refractivity contribution in [1.29, 1.82) is 0 Å². The Labute approximate surface area is 206 Å². The number of carbonyl (C=O) groups excluding carboxylic acids is 2. The van der Waals surface area contributed by atoms with E-state index in [1.807, 2.05) is 24.3 Å². The van der Waals surface area contributed by atoms with Crippen molar-refractivity contribution in [3.8, 4) is 11.5 Å². The highest BCUT2D eigenvalue weighted by atomic mass is 16.5. The Morgan fingerprint density at radius 2 is 1.77 bits per heavy atom. The molecule has 2 saturated heterocycles. The van der Waals surface area contributed by atoms with E-state index >= 15 is 0 Å². The van der Waals surface area contributed by atoms with Crippen molar-refractivity contribution in [3.63, 3.8) is 0 Å². The lowest BCUT2D eigenvalue weighted by Crippen LogP contribution is -2.36. The molecule has 2 aromatic rings. The normalized spacial score (nSPS) is 21.5. The largest absolute Gasteiger partial charge is 0.507 e. The van der Waals surface area contributed by atoms with Crippen LogP contribution in [-0.2, 0) is 14.3 Å². The molecule has 7 nitrogen and oxygen atoms in total. The number of benzene rings is 2. The zero-order valence-corrected chi connectivity index (χ0v) is 20.4. The van der Waals surface area contributed by atoms with Gasteiger partial charge in [-0.15, -0.1) is 0 Å². The van der Waals surface area contributed by atoms with Crippen molar-refractivity contribution in [2.75, 3.05) is 26.9 Å². The standard InChI is InChI=1S/C28H33NO6/c1-3-4-5-16-34-22-14-8-19(9-15-22)25-24(26(30)20-10-12-21(33-2)13-11-20)27(31)28(32)29(25)18-23-7-6-17-35-23/h8-15,23,25,30H,3-7,16-18H2,1-2H3/b26-24+. The second-order valence-electron chi connectivity index (χ2n) is 8.94. The molecule has 2 aliphatic heterocycles. The minimum atomic E-state index is -0.713.